The molecule has 0 saturated carbocycles. The summed E-state index contributed by atoms with van der Waals surface area (Å²) >= 11 is 0. The molecule has 0 bridgehead atoms. The third kappa shape index (κ3) is 6.90. The largest absolute Gasteiger partial charge is 0.462 e. The Balaban J connectivity index is 1.66. The van der Waals surface area contributed by atoms with E-state index in [4.69, 9.17) is 14.2 Å². The van der Waals surface area contributed by atoms with Crippen LogP contribution in [0, 0.1) is 19.8 Å². The first-order valence-electron chi connectivity index (χ1n) is 13.4. The van der Waals surface area contributed by atoms with Crippen molar-refractivity contribution in [2.24, 2.45) is 5.92 Å². The topological polar surface area (TPSA) is 78.9 Å². The van der Waals surface area contributed by atoms with Crippen LogP contribution in [0.15, 0.2) is 85.5 Å². The summed E-state index contributed by atoms with van der Waals surface area (Å²) in [5.74, 6) is -0.788. The number of carbonyl (C=O) groups excluding carboxylic acids is 3. The molecule has 6 heteroatoms. The minimum atomic E-state index is -0.569. The van der Waals surface area contributed by atoms with E-state index in [0.717, 1.165) is 46.2 Å². The predicted molar refractivity (Wildman–Crippen MR) is 160 cm³/mol. The van der Waals surface area contributed by atoms with Gasteiger partial charge in [-0.1, -0.05) is 50.1 Å². The predicted octanol–water partition coefficient (Wildman–Crippen LogP) is 7.04. The third-order valence-electron chi connectivity index (χ3n) is 7.04. The summed E-state index contributed by atoms with van der Waals surface area (Å²) in [5.41, 5.74) is 8.98. The maximum atomic E-state index is 12.2. The van der Waals surface area contributed by atoms with Crippen molar-refractivity contribution in [3.8, 4) is 33.8 Å². The van der Waals surface area contributed by atoms with Crippen molar-refractivity contribution in [3.05, 3.63) is 108 Å². The Morgan fingerprint density at radius 2 is 1.32 bits per heavy atom. The molecule has 6 nitrogen and oxygen atoms in total. The molecule has 1 aliphatic rings. The number of rotatable bonds is 9. The van der Waals surface area contributed by atoms with Gasteiger partial charge in [0.1, 0.15) is 11.5 Å². The SMILES string of the molecule is C=CC(=O)OCC1Cc2ccc(-c3cc(C)c(-c4cc(OC(=O)C(=C)C)cc(OC(=O)C(=C)C)c4)cc3C)cc2C1. The van der Waals surface area contributed by atoms with Gasteiger partial charge in [-0.15, -0.1) is 0 Å². The second-order valence-corrected chi connectivity index (χ2v) is 10.6. The third-order valence-corrected chi connectivity index (χ3v) is 7.04. The molecular weight excluding hydrogens is 516 g/mol. The Labute approximate surface area is 241 Å². The van der Waals surface area contributed by atoms with E-state index in [1.807, 2.05) is 6.92 Å². The first kappa shape index (κ1) is 29.3. The Morgan fingerprint density at radius 1 is 0.780 bits per heavy atom. The van der Waals surface area contributed by atoms with E-state index < -0.39 is 17.9 Å². The fourth-order valence-corrected chi connectivity index (χ4v) is 4.93. The zero-order valence-corrected chi connectivity index (χ0v) is 24.0. The molecule has 1 atom stereocenters. The molecule has 1 unspecified atom stereocenters. The number of fused-ring (bicyclic) bond motifs is 1. The number of carbonyl (C=O) groups is 3. The van der Waals surface area contributed by atoms with E-state index in [1.54, 1.807) is 26.0 Å². The molecule has 210 valence electrons. The normalized spacial score (nSPS) is 13.6. The highest BCUT2D eigenvalue weighted by Gasteiger charge is 2.23. The van der Waals surface area contributed by atoms with Gasteiger partial charge in [0.05, 0.1) is 6.61 Å². The van der Waals surface area contributed by atoms with Crippen LogP contribution in [0.2, 0.25) is 0 Å². The molecule has 4 rings (SSSR count). The first-order chi connectivity index (χ1) is 19.4. The van der Waals surface area contributed by atoms with E-state index in [2.05, 4.69) is 57.0 Å². The van der Waals surface area contributed by atoms with Crippen LogP contribution in [0.3, 0.4) is 0 Å². The Hall–Kier alpha value is -4.71. The molecule has 1 aliphatic carbocycles. The lowest BCUT2D eigenvalue weighted by Crippen LogP contribution is -2.12. The number of hydrogen-bond donors (Lipinski definition) is 0. The molecule has 0 aromatic heterocycles. The molecule has 0 N–H and O–H groups in total. The first-order valence-corrected chi connectivity index (χ1v) is 13.4. The van der Waals surface area contributed by atoms with E-state index in [9.17, 15) is 14.4 Å². The van der Waals surface area contributed by atoms with E-state index in [0.29, 0.717) is 6.61 Å². The van der Waals surface area contributed by atoms with E-state index in [1.165, 1.54) is 23.3 Å². The fourth-order valence-electron chi connectivity index (χ4n) is 4.93. The summed E-state index contributed by atoms with van der Waals surface area (Å²) in [6.07, 6.45) is 2.92. The van der Waals surface area contributed by atoms with Crippen LogP contribution in [0.5, 0.6) is 11.5 Å². The maximum Gasteiger partial charge on any atom is 0.338 e. The van der Waals surface area contributed by atoms with Crippen molar-refractivity contribution < 1.29 is 28.6 Å². The van der Waals surface area contributed by atoms with Gasteiger partial charge in [-0.25, -0.2) is 14.4 Å². The molecule has 3 aromatic carbocycles. The summed E-state index contributed by atoms with van der Waals surface area (Å²) < 4.78 is 16.2. The van der Waals surface area contributed by atoms with Crippen molar-refractivity contribution in [2.75, 3.05) is 6.61 Å². The molecule has 41 heavy (non-hydrogen) atoms. The lowest BCUT2D eigenvalue weighted by atomic mass is 9.90. The summed E-state index contributed by atoms with van der Waals surface area (Å²) in [4.78, 5) is 35.9. The smallest absolute Gasteiger partial charge is 0.338 e. The van der Waals surface area contributed by atoms with Crippen molar-refractivity contribution in [3.63, 3.8) is 0 Å². The highest BCUT2D eigenvalue weighted by molar-refractivity contribution is 5.90. The molecule has 0 amide bonds. The minimum Gasteiger partial charge on any atom is -0.462 e. The molecule has 0 spiro atoms. The average molecular weight is 551 g/mol. The van der Waals surface area contributed by atoms with Crippen molar-refractivity contribution in [2.45, 2.75) is 40.5 Å². The second-order valence-electron chi connectivity index (χ2n) is 10.6. The van der Waals surface area contributed by atoms with Crippen molar-refractivity contribution in [1.82, 2.24) is 0 Å². The second kappa shape index (κ2) is 12.2. The molecule has 0 fully saturated rings. The molecule has 0 radical (unpaired) electrons. The van der Waals surface area contributed by atoms with Crippen LogP contribution in [-0.2, 0) is 32.0 Å². The molecule has 0 heterocycles. The zero-order valence-electron chi connectivity index (χ0n) is 24.0. The monoisotopic (exact) mass is 550 g/mol. The summed E-state index contributed by atoms with van der Waals surface area (Å²) in [6.45, 7) is 18.3. The van der Waals surface area contributed by atoms with Crippen LogP contribution in [-0.4, -0.2) is 24.5 Å². The maximum absolute atomic E-state index is 12.2. The van der Waals surface area contributed by atoms with Crippen molar-refractivity contribution >= 4 is 17.9 Å². The van der Waals surface area contributed by atoms with Gasteiger partial charge < -0.3 is 14.2 Å². The number of ether oxygens (including phenoxy) is 3. The Bertz CT molecular complexity index is 1550. The lowest BCUT2D eigenvalue weighted by Gasteiger charge is -2.16. The van der Waals surface area contributed by atoms with Gasteiger partial charge in [-0.3, -0.25) is 0 Å². The van der Waals surface area contributed by atoms with E-state index >= 15 is 0 Å². The van der Waals surface area contributed by atoms with Gasteiger partial charge >= 0.3 is 17.9 Å². The molecule has 3 aromatic rings. The van der Waals surface area contributed by atoms with Crippen molar-refractivity contribution in [1.29, 1.82) is 0 Å². The average Bonchev–Trinajstić information content (AvgIpc) is 3.34. The quantitative estimate of drug-likeness (QED) is 0.161. The van der Waals surface area contributed by atoms with Gasteiger partial charge in [0.2, 0.25) is 0 Å². The highest BCUT2D eigenvalue weighted by Crippen LogP contribution is 2.37. The number of hydrogen-bond acceptors (Lipinski definition) is 6. The number of benzene rings is 3. The number of aryl methyl sites for hydroxylation is 2. The summed E-state index contributed by atoms with van der Waals surface area (Å²) in [6, 6.07) is 15.7. The summed E-state index contributed by atoms with van der Waals surface area (Å²) in [5, 5.41) is 0. The fraction of sp³-hybridized carbons (Fsp3) is 0.229. The molecular formula is C35H34O6. The zero-order chi connectivity index (χ0) is 29.8. The van der Waals surface area contributed by atoms with Crippen LogP contribution in [0.25, 0.3) is 22.3 Å². The lowest BCUT2D eigenvalue weighted by molar-refractivity contribution is -0.139. The minimum absolute atomic E-state index is 0.244. The van der Waals surface area contributed by atoms with Crippen LogP contribution in [0.4, 0.5) is 0 Å². The van der Waals surface area contributed by atoms with Crippen LogP contribution >= 0.6 is 0 Å². The highest BCUT2D eigenvalue weighted by atomic mass is 16.5. The molecule has 0 saturated heterocycles. The van der Waals surface area contributed by atoms with Crippen LogP contribution in [0.1, 0.15) is 36.1 Å². The Morgan fingerprint density at radius 3 is 1.85 bits per heavy atom. The number of esters is 3. The molecule has 0 aliphatic heterocycles. The summed E-state index contributed by atoms with van der Waals surface area (Å²) in [7, 11) is 0. The van der Waals surface area contributed by atoms with E-state index in [-0.39, 0.29) is 28.6 Å². The van der Waals surface area contributed by atoms with Crippen LogP contribution < -0.4 is 9.47 Å². The standard InChI is InChI=1S/C35H34O6/c1-8-33(36)39-19-24-13-25-9-10-26(15-27(25)14-24)31-11-23(7)32(12-22(31)6)28-16-29(40-34(37)20(2)3)18-30(17-28)41-35(38)21(4)5/h8-12,15-18,24H,1-2,4,13-14,19H2,3,5-7H3. The van der Waals surface area contributed by atoms with Gasteiger partial charge in [-0.2, -0.15) is 0 Å². The Kier molecular flexibility index (Phi) is 8.72. The van der Waals surface area contributed by atoms with Gasteiger partial charge in [-0.05, 0) is 97.2 Å². The van der Waals surface area contributed by atoms with Gasteiger partial charge in [0, 0.05) is 29.2 Å². The van der Waals surface area contributed by atoms with Gasteiger partial charge in [0.15, 0.2) is 0 Å². The van der Waals surface area contributed by atoms with Gasteiger partial charge in [0.25, 0.3) is 0 Å².